The molecule has 0 aliphatic heterocycles. The summed E-state index contributed by atoms with van der Waals surface area (Å²) in [6.07, 6.45) is 3.13. The van der Waals surface area contributed by atoms with Crippen molar-refractivity contribution in [2.24, 2.45) is 0 Å². The molecule has 2 rings (SSSR count). The van der Waals surface area contributed by atoms with Gasteiger partial charge in [-0.3, -0.25) is 14.9 Å². The van der Waals surface area contributed by atoms with Crippen LogP contribution in [0.3, 0.4) is 0 Å². The van der Waals surface area contributed by atoms with Gasteiger partial charge in [0.25, 0.3) is 5.69 Å². The summed E-state index contributed by atoms with van der Waals surface area (Å²) in [7, 11) is 0. The number of non-ortho nitro benzene ring substituents is 1. The lowest BCUT2D eigenvalue weighted by Gasteiger charge is -2.00. The van der Waals surface area contributed by atoms with Gasteiger partial charge in [0.15, 0.2) is 5.78 Å². The van der Waals surface area contributed by atoms with Gasteiger partial charge in [0, 0.05) is 17.7 Å². The summed E-state index contributed by atoms with van der Waals surface area (Å²) in [6.45, 7) is 1.88. The molecular weight excluding hydrogens is 254 g/mol. The fourth-order valence-corrected chi connectivity index (χ4v) is 1.82. The fraction of sp³-hybridized carbons (Fsp3) is 0.0625. The maximum Gasteiger partial charge on any atom is 0.269 e. The van der Waals surface area contributed by atoms with Crippen LogP contribution in [-0.4, -0.2) is 10.7 Å². The van der Waals surface area contributed by atoms with Crippen molar-refractivity contribution in [3.63, 3.8) is 0 Å². The van der Waals surface area contributed by atoms with Gasteiger partial charge in [-0.2, -0.15) is 0 Å². The number of rotatable bonds is 4. The molecule has 0 aliphatic rings. The number of nitro benzene ring substituents is 1. The Labute approximate surface area is 116 Å². The highest BCUT2D eigenvalue weighted by Gasteiger charge is 2.05. The Balaban J connectivity index is 2.15. The van der Waals surface area contributed by atoms with Gasteiger partial charge in [0.05, 0.1) is 4.92 Å². The number of allylic oxidation sites excluding steroid dienone is 1. The Bertz CT molecular complexity index is 672. The van der Waals surface area contributed by atoms with Crippen molar-refractivity contribution >= 4 is 17.5 Å². The Morgan fingerprint density at radius 3 is 2.35 bits per heavy atom. The van der Waals surface area contributed by atoms with Crippen LogP contribution in [0.1, 0.15) is 21.5 Å². The van der Waals surface area contributed by atoms with E-state index in [1.807, 2.05) is 25.1 Å². The monoisotopic (exact) mass is 267 g/mol. The van der Waals surface area contributed by atoms with Gasteiger partial charge in [-0.05, 0) is 36.3 Å². The van der Waals surface area contributed by atoms with E-state index < -0.39 is 4.92 Å². The minimum absolute atomic E-state index is 0.0346. The molecule has 20 heavy (non-hydrogen) atoms. The quantitative estimate of drug-likeness (QED) is 0.366. The molecule has 0 bridgehead atoms. The van der Waals surface area contributed by atoms with Crippen molar-refractivity contribution in [3.8, 4) is 0 Å². The summed E-state index contributed by atoms with van der Waals surface area (Å²) in [5, 5.41) is 10.5. The van der Waals surface area contributed by atoms with Gasteiger partial charge in [0.2, 0.25) is 0 Å². The molecule has 0 heterocycles. The molecule has 0 saturated heterocycles. The largest absolute Gasteiger partial charge is 0.289 e. The van der Waals surface area contributed by atoms with E-state index in [2.05, 4.69) is 0 Å². The Morgan fingerprint density at radius 2 is 1.75 bits per heavy atom. The Morgan fingerprint density at radius 1 is 1.10 bits per heavy atom. The Hall–Kier alpha value is -2.75. The van der Waals surface area contributed by atoms with Crippen LogP contribution in [0, 0.1) is 17.0 Å². The molecule has 2 aromatic rings. The molecule has 0 aliphatic carbocycles. The van der Waals surface area contributed by atoms with E-state index in [4.69, 9.17) is 0 Å². The number of nitrogens with zero attached hydrogens (tertiary/aromatic N) is 1. The number of hydrogen-bond acceptors (Lipinski definition) is 3. The molecule has 0 saturated carbocycles. The first-order valence-electron chi connectivity index (χ1n) is 6.10. The predicted molar refractivity (Wildman–Crippen MR) is 77.6 cm³/mol. The standard InChI is InChI=1S/C16H13NO3/c1-12-4-2-3-5-15(12)16(18)11-8-13-6-9-14(10-7-13)17(19)20/h2-11H,1H3/b11-8+. The summed E-state index contributed by atoms with van der Waals surface area (Å²) in [4.78, 5) is 22.1. The lowest BCUT2D eigenvalue weighted by Crippen LogP contribution is -1.96. The first-order chi connectivity index (χ1) is 9.58. The van der Waals surface area contributed by atoms with Crippen molar-refractivity contribution in [2.45, 2.75) is 6.92 Å². The molecule has 4 heteroatoms. The van der Waals surface area contributed by atoms with E-state index in [1.54, 1.807) is 24.3 Å². The molecule has 0 spiro atoms. The summed E-state index contributed by atoms with van der Waals surface area (Å²) in [6, 6.07) is 13.4. The first kappa shape index (κ1) is 13.7. The van der Waals surface area contributed by atoms with Crippen LogP contribution in [0.15, 0.2) is 54.6 Å². The highest BCUT2D eigenvalue weighted by Crippen LogP contribution is 2.14. The van der Waals surface area contributed by atoms with E-state index in [0.29, 0.717) is 5.56 Å². The number of benzene rings is 2. The van der Waals surface area contributed by atoms with Crippen molar-refractivity contribution in [1.82, 2.24) is 0 Å². The predicted octanol–water partition coefficient (Wildman–Crippen LogP) is 3.80. The zero-order valence-corrected chi connectivity index (χ0v) is 10.9. The van der Waals surface area contributed by atoms with E-state index in [0.717, 1.165) is 11.1 Å². The third-order valence-corrected chi connectivity index (χ3v) is 2.94. The van der Waals surface area contributed by atoms with Crippen molar-refractivity contribution < 1.29 is 9.72 Å². The zero-order chi connectivity index (χ0) is 14.5. The van der Waals surface area contributed by atoms with Gasteiger partial charge in [0.1, 0.15) is 0 Å². The fourth-order valence-electron chi connectivity index (χ4n) is 1.82. The van der Waals surface area contributed by atoms with E-state index in [9.17, 15) is 14.9 Å². The second-order valence-corrected chi connectivity index (χ2v) is 4.36. The van der Waals surface area contributed by atoms with Crippen LogP contribution >= 0.6 is 0 Å². The molecule has 0 amide bonds. The van der Waals surface area contributed by atoms with Crippen LogP contribution in [-0.2, 0) is 0 Å². The molecular formula is C16H13NO3. The molecule has 0 fully saturated rings. The van der Waals surface area contributed by atoms with Crippen molar-refractivity contribution in [1.29, 1.82) is 0 Å². The van der Waals surface area contributed by atoms with Gasteiger partial charge in [-0.15, -0.1) is 0 Å². The summed E-state index contributed by atoms with van der Waals surface area (Å²) in [5.74, 6) is -0.0820. The van der Waals surface area contributed by atoms with E-state index in [1.165, 1.54) is 18.2 Å². The molecule has 0 atom stereocenters. The van der Waals surface area contributed by atoms with E-state index >= 15 is 0 Å². The van der Waals surface area contributed by atoms with Crippen molar-refractivity contribution in [2.75, 3.05) is 0 Å². The van der Waals surface area contributed by atoms with Gasteiger partial charge in [-0.25, -0.2) is 0 Å². The SMILES string of the molecule is Cc1ccccc1C(=O)/C=C/c1ccc([N+](=O)[O-])cc1. The van der Waals surface area contributed by atoms with Gasteiger partial charge < -0.3 is 0 Å². The van der Waals surface area contributed by atoms with Crippen LogP contribution in [0.5, 0.6) is 0 Å². The topological polar surface area (TPSA) is 60.2 Å². The summed E-state index contributed by atoms with van der Waals surface area (Å²) < 4.78 is 0. The normalized spacial score (nSPS) is 10.7. The molecule has 0 unspecified atom stereocenters. The number of carbonyl (C=O) groups excluding carboxylic acids is 1. The lowest BCUT2D eigenvalue weighted by molar-refractivity contribution is -0.384. The maximum atomic E-state index is 12.0. The van der Waals surface area contributed by atoms with Crippen LogP contribution in [0.2, 0.25) is 0 Å². The second-order valence-electron chi connectivity index (χ2n) is 4.36. The molecule has 4 nitrogen and oxygen atoms in total. The molecule has 2 aromatic carbocycles. The molecule has 100 valence electrons. The Kier molecular flexibility index (Phi) is 4.05. The van der Waals surface area contributed by atoms with Crippen molar-refractivity contribution in [3.05, 3.63) is 81.4 Å². The number of hydrogen-bond donors (Lipinski definition) is 0. The number of aryl methyl sites for hydroxylation is 1. The van der Waals surface area contributed by atoms with Crippen LogP contribution in [0.4, 0.5) is 5.69 Å². The molecule has 0 aromatic heterocycles. The average molecular weight is 267 g/mol. The highest BCUT2D eigenvalue weighted by atomic mass is 16.6. The van der Waals surface area contributed by atoms with E-state index in [-0.39, 0.29) is 11.5 Å². The smallest absolute Gasteiger partial charge is 0.269 e. The maximum absolute atomic E-state index is 12.0. The highest BCUT2D eigenvalue weighted by molar-refractivity contribution is 6.07. The lowest BCUT2D eigenvalue weighted by atomic mass is 10.0. The average Bonchev–Trinajstić information content (AvgIpc) is 2.45. The molecule has 0 radical (unpaired) electrons. The molecule has 0 N–H and O–H groups in total. The third kappa shape index (κ3) is 3.17. The first-order valence-corrected chi connectivity index (χ1v) is 6.10. The number of nitro groups is 1. The summed E-state index contributed by atoms with van der Waals surface area (Å²) in [5.41, 5.74) is 2.36. The van der Waals surface area contributed by atoms with Gasteiger partial charge >= 0.3 is 0 Å². The zero-order valence-electron chi connectivity index (χ0n) is 10.9. The summed E-state index contributed by atoms with van der Waals surface area (Å²) >= 11 is 0. The second kappa shape index (κ2) is 5.93. The van der Waals surface area contributed by atoms with Gasteiger partial charge in [-0.1, -0.05) is 30.3 Å². The number of carbonyl (C=O) groups is 1. The minimum atomic E-state index is -0.452. The van der Waals surface area contributed by atoms with Crippen LogP contribution < -0.4 is 0 Å². The third-order valence-electron chi connectivity index (χ3n) is 2.94. The van der Waals surface area contributed by atoms with Crippen LogP contribution in [0.25, 0.3) is 6.08 Å². The number of ketones is 1. The minimum Gasteiger partial charge on any atom is -0.289 e.